The molecule has 0 unspecified atom stereocenters. The molecule has 0 bridgehead atoms. The maximum atomic E-state index is 5.60. The van der Waals surface area contributed by atoms with E-state index in [1.54, 1.807) is 0 Å². The second kappa shape index (κ2) is 8.27. The Morgan fingerprint density at radius 3 is 2.83 bits per heavy atom. The standard InChI is InChI=1S/C14H27N3O/c1-5-15-10-14-11-17(16-13(14)4)7-9-18-8-6-12(2)3/h11-12,15H,5-10H2,1-4H3. The summed E-state index contributed by atoms with van der Waals surface area (Å²) in [6, 6.07) is 0. The van der Waals surface area contributed by atoms with Crippen LogP contribution in [0.1, 0.15) is 38.4 Å². The van der Waals surface area contributed by atoms with Crippen molar-refractivity contribution in [2.45, 2.75) is 47.2 Å². The predicted molar refractivity (Wildman–Crippen MR) is 74.6 cm³/mol. The highest BCUT2D eigenvalue weighted by atomic mass is 16.5. The van der Waals surface area contributed by atoms with E-state index in [-0.39, 0.29) is 0 Å². The number of rotatable bonds is 9. The molecule has 1 heterocycles. The van der Waals surface area contributed by atoms with E-state index in [4.69, 9.17) is 4.74 Å². The first-order valence-corrected chi connectivity index (χ1v) is 6.94. The van der Waals surface area contributed by atoms with Gasteiger partial charge in [-0.05, 0) is 25.8 Å². The average Bonchev–Trinajstić information content (AvgIpc) is 2.66. The van der Waals surface area contributed by atoms with Crippen LogP contribution < -0.4 is 5.32 Å². The van der Waals surface area contributed by atoms with Crippen LogP contribution in [-0.4, -0.2) is 29.5 Å². The lowest BCUT2D eigenvalue weighted by atomic mass is 10.1. The molecule has 0 saturated heterocycles. The topological polar surface area (TPSA) is 39.1 Å². The van der Waals surface area contributed by atoms with E-state index in [0.29, 0.717) is 5.92 Å². The van der Waals surface area contributed by atoms with E-state index in [2.05, 4.69) is 44.3 Å². The fourth-order valence-corrected chi connectivity index (χ4v) is 1.69. The van der Waals surface area contributed by atoms with Crippen molar-refractivity contribution in [1.29, 1.82) is 0 Å². The van der Waals surface area contributed by atoms with Gasteiger partial charge in [0, 0.05) is 24.9 Å². The van der Waals surface area contributed by atoms with Gasteiger partial charge >= 0.3 is 0 Å². The molecule has 104 valence electrons. The molecular weight excluding hydrogens is 226 g/mol. The van der Waals surface area contributed by atoms with E-state index in [0.717, 1.165) is 45.0 Å². The summed E-state index contributed by atoms with van der Waals surface area (Å²) >= 11 is 0. The van der Waals surface area contributed by atoms with Crippen molar-refractivity contribution in [2.75, 3.05) is 19.8 Å². The Hall–Kier alpha value is -0.870. The van der Waals surface area contributed by atoms with Crippen molar-refractivity contribution in [2.24, 2.45) is 5.92 Å². The lowest BCUT2D eigenvalue weighted by Gasteiger charge is -2.06. The lowest BCUT2D eigenvalue weighted by molar-refractivity contribution is 0.114. The third-order valence-electron chi connectivity index (χ3n) is 2.92. The molecule has 0 fully saturated rings. The third kappa shape index (κ3) is 5.65. The zero-order chi connectivity index (χ0) is 13.4. The molecule has 0 aliphatic carbocycles. The molecule has 1 N–H and O–H groups in total. The molecular formula is C14H27N3O. The number of aromatic nitrogens is 2. The van der Waals surface area contributed by atoms with Crippen LogP contribution in [0.15, 0.2) is 6.20 Å². The van der Waals surface area contributed by atoms with Crippen LogP contribution in [0, 0.1) is 12.8 Å². The molecule has 1 aromatic heterocycles. The normalized spacial score (nSPS) is 11.4. The Balaban J connectivity index is 2.25. The maximum Gasteiger partial charge on any atom is 0.0662 e. The van der Waals surface area contributed by atoms with E-state index in [1.165, 1.54) is 5.56 Å². The van der Waals surface area contributed by atoms with Gasteiger partial charge in [-0.1, -0.05) is 20.8 Å². The van der Waals surface area contributed by atoms with Crippen molar-refractivity contribution in [3.8, 4) is 0 Å². The summed E-state index contributed by atoms with van der Waals surface area (Å²) in [6.07, 6.45) is 3.24. The molecule has 1 rings (SSSR count). The lowest BCUT2D eigenvalue weighted by Crippen LogP contribution is -2.12. The minimum absolute atomic E-state index is 0.712. The third-order valence-corrected chi connectivity index (χ3v) is 2.92. The van der Waals surface area contributed by atoms with Gasteiger partial charge in [-0.25, -0.2) is 0 Å². The molecule has 0 spiro atoms. The van der Waals surface area contributed by atoms with Gasteiger partial charge < -0.3 is 10.1 Å². The number of ether oxygens (including phenoxy) is 1. The van der Waals surface area contributed by atoms with E-state index < -0.39 is 0 Å². The molecule has 0 atom stereocenters. The summed E-state index contributed by atoms with van der Waals surface area (Å²) in [4.78, 5) is 0. The van der Waals surface area contributed by atoms with Crippen LogP contribution in [0.2, 0.25) is 0 Å². The quantitative estimate of drug-likeness (QED) is 0.687. The number of aryl methyl sites for hydroxylation is 1. The van der Waals surface area contributed by atoms with Crippen LogP contribution in [0.4, 0.5) is 0 Å². The second-order valence-corrected chi connectivity index (χ2v) is 5.08. The summed E-state index contributed by atoms with van der Waals surface area (Å²) < 4.78 is 7.59. The van der Waals surface area contributed by atoms with Gasteiger partial charge in [-0.3, -0.25) is 4.68 Å². The Morgan fingerprint density at radius 1 is 1.39 bits per heavy atom. The molecule has 1 aromatic rings. The van der Waals surface area contributed by atoms with Gasteiger partial charge in [0.1, 0.15) is 0 Å². The molecule has 0 amide bonds. The Labute approximate surface area is 111 Å². The van der Waals surface area contributed by atoms with Crippen LogP contribution in [0.25, 0.3) is 0 Å². The molecule has 0 saturated carbocycles. The predicted octanol–water partition coefficient (Wildman–Crippen LogP) is 2.36. The highest BCUT2D eigenvalue weighted by Gasteiger charge is 2.04. The first-order valence-electron chi connectivity index (χ1n) is 6.94. The monoisotopic (exact) mass is 253 g/mol. The number of hydrogen-bond acceptors (Lipinski definition) is 3. The molecule has 4 nitrogen and oxygen atoms in total. The Kier molecular flexibility index (Phi) is 6.98. The van der Waals surface area contributed by atoms with Crippen molar-refractivity contribution in [3.63, 3.8) is 0 Å². The van der Waals surface area contributed by atoms with Crippen molar-refractivity contribution < 1.29 is 4.74 Å². The smallest absolute Gasteiger partial charge is 0.0662 e. The van der Waals surface area contributed by atoms with Gasteiger partial charge in [0.25, 0.3) is 0 Å². The Morgan fingerprint density at radius 2 is 2.17 bits per heavy atom. The molecule has 0 radical (unpaired) electrons. The van der Waals surface area contributed by atoms with E-state index in [1.807, 2.05) is 4.68 Å². The van der Waals surface area contributed by atoms with E-state index in [9.17, 15) is 0 Å². The Bertz CT molecular complexity index is 334. The molecule has 0 aliphatic heterocycles. The van der Waals surface area contributed by atoms with Crippen molar-refractivity contribution >= 4 is 0 Å². The maximum absolute atomic E-state index is 5.60. The zero-order valence-corrected chi connectivity index (χ0v) is 12.2. The van der Waals surface area contributed by atoms with Gasteiger partial charge in [0.2, 0.25) is 0 Å². The fraction of sp³-hybridized carbons (Fsp3) is 0.786. The minimum Gasteiger partial charge on any atom is -0.380 e. The second-order valence-electron chi connectivity index (χ2n) is 5.08. The van der Waals surface area contributed by atoms with Gasteiger partial charge in [0.15, 0.2) is 0 Å². The van der Waals surface area contributed by atoms with Gasteiger partial charge in [-0.15, -0.1) is 0 Å². The van der Waals surface area contributed by atoms with Crippen LogP contribution >= 0.6 is 0 Å². The summed E-state index contributed by atoms with van der Waals surface area (Å²) in [5, 5.41) is 7.82. The molecule has 18 heavy (non-hydrogen) atoms. The fourth-order valence-electron chi connectivity index (χ4n) is 1.69. The van der Waals surface area contributed by atoms with Gasteiger partial charge in [0.05, 0.1) is 18.8 Å². The van der Waals surface area contributed by atoms with Crippen molar-refractivity contribution in [3.05, 3.63) is 17.5 Å². The first kappa shape index (κ1) is 15.2. The summed E-state index contributed by atoms with van der Waals surface area (Å²) in [5.74, 6) is 0.712. The highest BCUT2D eigenvalue weighted by molar-refractivity contribution is 5.14. The van der Waals surface area contributed by atoms with Gasteiger partial charge in [-0.2, -0.15) is 5.10 Å². The van der Waals surface area contributed by atoms with Crippen LogP contribution in [-0.2, 0) is 17.8 Å². The molecule has 4 heteroatoms. The average molecular weight is 253 g/mol. The minimum atomic E-state index is 0.712. The van der Waals surface area contributed by atoms with E-state index >= 15 is 0 Å². The largest absolute Gasteiger partial charge is 0.380 e. The first-order chi connectivity index (χ1) is 8.63. The zero-order valence-electron chi connectivity index (χ0n) is 12.2. The SMILES string of the molecule is CCNCc1cn(CCOCCC(C)C)nc1C. The van der Waals surface area contributed by atoms with Crippen LogP contribution in [0.5, 0.6) is 0 Å². The summed E-state index contributed by atoms with van der Waals surface area (Å²) in [5.41, 5.74) is 2.39. The molecule has 0 aliphatic rings. The number of nitrogens with one attached hydrogen (secondary N) is 1. The van der Waals surface area contributed by atoms with Crippen molar-refractivity contribution in [1.82, 2.24) is 15.1 Å². The number of hydrogen-bond donors (Lipinski definition) is 1. The number of nitrogens with zero attached hydrogens (tertiary/aromatic N) is 2. The molecule has 0 aromatic carbocycles. The highest BCUT2D eigenvalue weighted by Crippen LogP contribution is 2.05. The summed E-state index contributed by atoms with van der Waals surface area (Å²) in [7, 11) is 0. The summed E-state index contributed by atoms with van der Waals surface area (Å²) in [6.45, 7) is 12.9. The van der Waals surface area contributed by atoms with Crippen LogP contribution in [0.3, 0.4) is 0 Å².